The number of rotatable bonds is 6. The Balaban J connectivity index is 1.89. The van der Waals surface area contributed by atoms with Gasteiger partial charge in [-0.3, -0.25) is 9.59 Å². The van der Waals surface area contributed by atoms with Gasteiger partial charge in [0.1, 0.15) is 23.0 Å². The van der Waals surface area contributed by atoms with Crippen LogP contribution in [0.4, 0.5) is 0 Å². The minimum absolute atomic E-state index is 0.0318. The predicted molar refractivity (Wildman–Crippen MR) is 122 cm³/mol. The molecule has 3 aromatic rings. The van der Waals surface area contributed by atoms with Gasteiger partial charge in [-0.25, -0.2) is 0 Å². The van der Waals surface area contributed by atoms with Crippen molar-refractivity contribution in [3.63, 3.8) is 0 Å². The Kier molecular flexibility index (Phi) is 5.96. The van der Waals surface area contributed by atoms with Gasteiger partial charge in [0.05, 0.1) is 38.6 Å². The van der Waals surface area contributed by atoms with Crippen LogP contribution in [0.25, 0.3) is 5.76 Å². The van der Waals surface area contributed by atoms with Gasteiger partial charge < -0.3 is 23.9 Å². The SMILES string of the molecule is COc1ccc(C2/C(=C(\O)c3cc(C)c(OC)cc3C)C(=O)C(=O)N2Cc2ccco2)cc1. The Bertz CT molecular complexity index is 1220. The second-order valence-corrected chi connectivity index (χ2v) is 7.92. The van der Waals surface area contributed by atoms with E-state index in [1.54, 1.807) is 62.8 Å². The molecule has 1 atom stereocenters. The van der Waals surface area contributed by atoms with E-state index in [4.69, 9.17) is 13.9 Å². The quantitative estimate of drug-likeness (QED) is 0.339. The molecule has 1 aliphatic heterocycles. The van der Waals surface area contributed by atoms with Gasteiger partial charge in [0.15, 0.2) is 0 Å². The number of benzene rings is 2. The largest absolute Gasteiger partial charge is 0.507 e. The fourth-order valence-corrected chi connectivity index (χ4v) is 4.16. The van der Waals surface area contributed by atoms with E-state index in [0.717, 1.165) is 11.1 Å². The number of hydrogen-bond donors (Lipinski definition) is 1. The molecule has 0 saturated carbocycles. The lowest BCUT2D eigenvalue weighted by Crippen LogP contribution is -2.29. The maximum atomic E-state index is 13.2. The zero-order chi connectivity index (χ0) is 23.7. The van der Waals surface area contributed by atoms with Crippen LogP contribution in [-0.2, 0) is 16.1 Å². The maximum absolute atomic E-state index is 13.2. The molecule has 1 fully saturated rings. The first kappa shape index (κ1) is 22.2. The van der Waals surface area contributed by atoms with Gasteiger partial charge in [-0.2, -0.15) is 0 Å². The molecule has 170 valence electrons. The van der Waals surface area contributed by atoms with Crippen molar-refractivity contribution in [3.8, 4) is 11.5 Å². The summed E-state index contributed by atoms with van der Waals surface area (Å²) in [4.78, 5) is 27.7. The number of carbonyl (C=O) groups is 2. The topological polar surface area (TPSA) is 89.2 Å². The second kappa shape index (κ2) is 8.86. The summed E-state index contributed by atoms with van der Waals surface area (Å²) in [5.41, 5.74) is 2.70. The molecule has 7 nitrogen and oxygen atoms in total. The highest BCUT2D eigenvalue weighted by molar-refractivity contribution is 6.46. The van der Waals surface area contributed by atoms with Crippen molar-refractivity contribution in [2.24, 2.45) is 0 Å². The summed E-state index contributed by atoms with van der Waals surface area (Å²) < 4.78 is 16.0. The number of carbonyl (C=O) groups excluding carboxylic acids is 2. The zero-order valence-electron chi connectivity index (χ0n) is 18.9. The summed E-state index contributed by atoms with van der Waals surface area (Å²) in [5, 5.41) is 11.3. The molecule has 1 N–H and O–H groups in total. The molecule has 1 saturated heterocycles. The summed E-state index contributed by atoms with van der Waals surface area (Å²) >= 11 is 0. The number of ether oxygens (including phenoxy) is 2. The summed E-state index contributed by atoms with van der Waals surface area (Å²) in [6.45, 7) is 3.76. The van der Waals surface area contributed by atoms with Crippen LogP contribution in [0.3, 0.4) is 0 Å². The van der Waals surface area contributed by atoms with Gasteiger partial charge in [0, 0.05) is 5.56 Å². The summed E-state index contributed by atoms with van der Waals surface area (Å²) in [6.07, 6.45) is 1.51. The van der Waals surface area contributed by atoms with Crippen LogP contribution in [0.5, 0.6) is 11.5 Å². The molecule has 1 unspecified atom stereocenters. The third-order valence-corrected chi connectivity index (χ3v) is 5.87. The lowest BCUT2D eigenvalue weighted by atomic mass is 9.93. The van der Waals surface area contributed by atoms with Crippen molar-refractivity contribution in [1.29, 1.82) is 0 Å². The van der Waals surface area contributed by atoms with Gasteiger partial charge in [-0.15, -0.1) is 0 Å². The minimum Gasteiger partial charge on any atom is -0.507 e. The van der Waals surface area contributed by atoms with Gasteiger partial charge in [0.2, 0.25) is 0 Å². The van der Waals surface area contributed by atoms with Crippen molar-refractivity contribution in [2.75, 3.05) is 14.2 Å². The normalized spacial score (nSPS) is 17.5. The highest BCUT2D eigenvalue weighted by Crippen LogP contribution is 2.41. The Morgan fingerprint density at radius 3 is 2.36 bits per heavy atom. The lowest BCUT2D eigenvalue weighted by Gasteiger charge is -2.25. The van der Waals surface area contributed by atoms with E-state index >= 15 is 0 Å². The second-order valence-electron chi connectivity index (χ2n) is 7.92. The number of likely N-dealkylation sites (tertiary alicyclic amines) is 1. The van der Waals surface area contributed by atoms with Gasteiger partial charge in [-0.05, 0) is 66.9 Å². The molecule has 0 bridgehead atoms. The Labute approximate surface area is 191 Å². The number of aryl methyl sites for hydroxylation is 2. The minimum atomic E-state index is -0.789. The number of aliphatic hydroxyl groups is 1. The van der Waals surface area contributed by atoms with Crippen molar-refractivity contribution in [2.45, 2.75) is 26.4 Å². The van der Waals surface area contributed by atoms with Crippen molar-refractivity contribution in [1.82, 2.24) is 4.90 Å². The first-order chi connectivity index (χ1) is 15.8. The molecule has 7 heteroatoms. The fraction of sp³-hybridized carbons (Fsp3) is 0.231. The van der Waals surface area contributed by atoms with Crippen LogP contribution in [-0.4, -0.2) is 35.9 Å². The molecule has 0 aliphatic carbocycles. The predicted octanol–water partition coefficient (Wildman–Crippen LogP) is 4.54. The lowest BCUT2D eigenvalue weighted by molar-refractivity contribution is -0.140. The highest BCUT2D eigenvalue weighted by Gasteiger charge is 2.46. The number of hydrogen-bond acceptors (Lipinski definition) is 6. The molecule has 33 heavy (non-hydrogen) atoms. The molecular formula is C26H25NO6. The molecule has 4 rings (SSSR count). The molecule has 2 aromatic carbocycles. The van der Waals surface area contributed by atoms with Gasteiger partial charge in [0.25, 0.3) is 11.7 Å². The van der Waals surface area contributed by atoms with Crippen molar-refractivity contribution >= 4 is 17.4 Å². The monoisotopic (exact) mass is 447 g/mol. The Morgan fingerprint density at radius 1 is 1.03 bits per heavy atom. The molecular weight excluding hydrogens is 422 g/mol. The molecule has 0 spiro atoms. The van der Waals surface area contributed by atoms with E-state index in [1.807, 2.05) is 13.8 Å². The average molecular weight is 447 g/mol. The van der Waals surface area contributed by atoms with Crippen molar-refractivity contribution in [3.05, 3.63) is 88.4 Å². The van der Waals surface area contributed by atoms with Crippen LogP contribution in [0.2, 0.25) is 0 Å². The smallest absolute Gasteiger partial charge is 0.296 e. The number of methoxy groups -OCH3 is 2. The average Bonchev–Trinajstić information content (AvgIpc) is 3.42. The third-order valence-electron chi connectivity index (χ3n) is 5.87. The first-order valence-corrected chi connectivity index (χ1v) is 10.5. The number of furan rings is 1. The number of nitrogens with zero attached hydrogens (tertiary/aromatic N) is 1. The Hall–Kier alpha value is -4.00. The van der Waals surface area contributed by atoms with Gasteiger partial charge in [-0.1, -0.05) is 12.1 Å². The number of amides is 1. The highest BCUT2D eigenvalue weighted by atomic mass is 16.5. The Morgan fingerprint density at radius 2 is 1.76 bits per heavy atom. The summed E-state index contributed by atoms with van der Waals surface area (Å²) in [7, 11) is 3.14. The van der Waals surface area contributed by atoms with Crippen LogP contribution in [0, 0.1) is 13.8 Å². The molecule has 1 amide bonds. The molecule has 0 radical (unpaired) electrons. The molecule has 1 aliphatic rings. The van der Waals surface area contributed by atoms with Crippen LogP contribution in [0.1, 0.15) is 34.1 Å². The van der Waals surface area contributed by atoms with Crippen molar-refractivity contribution < 1.29 is 28.6 Å². The standard InChI is InChI=1S/C26H25NO6/c1-15-13-21(32-4)16(2)12-20(15)24(28)22-23(17-7-9-18(31-3)10-8-17)27(26(30)25(22)29)14-19-6-5-11-33-19/h5-13,23,28H,14H2,1-4H3/b24-22+. The van der Waals surface area contributed by atoms with E-state index in [0.29, 0.717) is 28.4 Å². The number of Topliss-reactive ketones (excluding diaryl/α,β-unsaturated/α-hetero) is 1. The van der Waals surface area contributed by atoms with E-state index in [1.165, 1.54) is 11.2 Å². The molecule has 2 heterocycles. The van der Waals surface area contributed by atoms with Crippen LogP contribution in [0.15, 0.2) is 64.8 Å². The summed E-state index contributed by atoms with van der Waals surface area (Å²) in [6, 6.07) is 13.3. The number of aliphatic hydroxyl groups excluding tert-OH is 1. The van der Waals surface area contributed by atoms with E-state index in [-0.39, 0.29) is 17.9 Å². The van der Waals surface area contributed by atoms with Crippen LogP contribution < -0.4 is 9.47 Å². The fourth-order valence-electron chi connectivity index (χ4n) is 4.16. The first-order valence-electron chi connectivity index (χ1n) is 10.5. The summed E-state index contributed by atoms with van der Waals surface area (Å²) in [5.74, 6) is 0.188. The van der Waals surface area contributed by atoms with Gasteiger partial charge >= 0.3 is 0 Å². The van der Waals surface area contributed by atoms with E-state index in [9.17, 15) is 14.7 Å². The molecule has 1 aromatic heterocycles. The third kappa shape index (κ3) is 3.98. The zero-order valence-corrected chi connectivity index (χ0v) is 18.9. The van der Waals surface area contributed by atoms with E-state index < -0.39 is 17.7 Å². The van der Waals surface area contributed by atoms with Crippen LogP contribution >= 0.6 is 0 Å². The number of ketones is 1. The maximum Gasteiger partial charge on any atom is 0.296 e. The van der Waals surface area contributed by atoms with E-state index in [2.05, 4.69) is 0 Å².